The molecule has 2 aromatic carbocycles. The van der Waals surface area contributed by atoms with Crippen molar-refractivity contribution in [3.63, 3.8) is 0 Å². The van der Waals surface area contributed by atoms with Gasteiger partial charge in [0.05, 0.1) is 36.8 Å². The van der Waals surface area contributed by atoms with E-state index < -0.39 is 15.7 Å². The largest absolute Gasteiger partial charge is 0.376 e. The molecule has 1 aliphatic heterocycles. The highest BCUT2D eigenvalue weighted by molar-refractivity contribution is 7.90. The summed E-state index contributed by atoms with van der Waals surface area (Å²) in [6.45, 7) is 2.14. The minimum atomic E-state index is -3.81. The van der Waals surface area contributed by atoms with Crippen molar-refractivity contribution >= 4 is 27.2 Å². The van der Waals surface area contributed by atoms with Crippen molar-refractivity contribution < 1.29 is 17.5 Å². The highest BCUT2D eigenvalue weighted by Crippen LogP contribution is 2.23. The first-order chi connectivity index (χ1) is 17.9. The van der Waals surface area contributed by atoms with Crippen LogP contribution in [0, 0.1) is 5.82 Å². The van der Waals surface area contributed by atoms with Gasteiger partial charge in [0, 0.05) is 19.2 Å². The minimum absolute atomic E-state index is 0.00573. The number of hydrogen-bond donors (Lipinski definition) is 1. The van der Waals surface area contributed by atoms with E-state index in [1.54, 1.807) is 10.8 Å². The summed E-state index contributed by atoms with van der Waals surface area (Å²) in [5.74, 6) is -0.670. The van der Waals surface area contributed by atoms with Gasteiger partial charge in [-0.05, 0) is 61.2 Å². The molecule has 2 heterocycles. The fourth-order valence-corrected chi connectivity index (χ4v) is 6.31. The molecule has 1 atom stereocenters. The van der Waals surface area contributed by atoms with E-state index in [-0.39, 0.29) is 17.0 Å². The Bertz CT molecular complexity index is 1320. The third-order valence-corrected chi connectivity index (χ3v) is 8.60. The molecule has 2 fully saturated rings. The van der Waals surface area contributed by atoms with Gasteiger partial charge < -0.3 is 19.5 Å². The van der Waals surface area contributed by atoms with Crippen LogP contribution in [0.3, 0.4) is 0 Å². The van der Waals surface area contributed by atoms with E-state index in [4.69, 9.17) is 17.0 Å². The number of nitrogens with zero attached hydrogens (tertiary/aromatic N) is 3. The zero-order valence-electron chi connectivity index (χ0n) is 20.6. The standard InChI is InChI=1S/C27H31FN4O3S2/c28-22-10-8-21(9-11-22)19-37(33,34)27-29-15-24(32(27)16-20-5-2-1-3-6-20)17-31(18-25-7-4-14-35-25)26(36)30-23-12-13-23/h1-3,5-6,8-11,15,23,25H,4,7,12-14,16-19H2,(H,30,36)/t25-/m1/s1. The van der Waals surface area contributed by atoms with Crippen molar-refractivity contribution in [2.45, 2.75) is 61.8 Å². The normalized spacial score (nSPS) is 17.6. The molecule has 10 heteroatoms. The van der Waals surface area contributed by atoms with Gasteiger partial charge in [-0.25, -0.2) is 17.8 Å². The fraction of sp³-hybridized carbons (Fsp3) is 0.407. The summed E-state index contributed by atoms with van der Waals surface area (Å²) in [5, 5.41) is 4.06. The van der Waals surface area contributed by atoms with Crippen LogP contribution in [0.5, 0.6) is 0 Å². The number of halogens is 1. The maximum atomic E-state index is 13.5. The molecule has 0 radical (unpaired) electrons. The molecule has 7 nitrogen and oxygen atoms in total. The predicted molar refractivity (Wildman–Crippen MR) is 143 cm³/mol. The van der Waals surface area contributed by atoms with Gasteiger partial charge in [-0.2, -0.15) is 0 Å². The lowest BCUT2D eigenvalue weighted by molar-refractivity contribution is 0.0892. The molecule has 0 amide bonds. The van der Waals surface area contributed by atoms with Crippen molar-refractivity contribution in [1.82, 2.24) is 19.8 Å². The lowest BCUT2D eigenvalue weighted by atomic mass is 10.2. The van der Waals surface area contributed by atoms with Gasteiger partial charge >= 0.3 is 0 Å². The Kier molecular flexibility index (Phi) is 7.87. The first-order valence-electron chi connectivity index (χ1n) is 12.6. The summed E-state index contributed by atoms with van der Waals surface area (Å²) in [5.41, 5.74) is 2.22. The first kappa shape index (κ1) is 25.8. The van der Waals surface area contributed by atoms with Gasteiger partial charge in [0.1, 0.15) is 5.82 Å². The van der Waals surface area contributed by atoms with Crippen LogP contribution in [-0.4, -0.2) is 53.3 Å². The van der Waals surface area contributed by atoms with Crippen LogP contribution in [0.4, 0.5) is 4.39 Å². The molecular formula is C27H31FN4O3S2. The van der Waals surface area contributed by atoms with E-state index in [9.17, 15) is 12.8 Å². The van der Waals surface area contributed by atoms with E-state index >= 15 is 0 Å². The highest BCUT2D eigenvalue weighted by Gasteiger charge is 2.29. The second-order valence-corrected chi connectivity index (χ2v) is 12.0. The number of benzene rings is 2. The van der Waals surface area contributed by atoms with Crippen LogP contribution in [0.15, 0.2) is 66.0 Å². The van der Waals surface area contributed by atoms with E-state index in [0.717, 1.165) is 43.5 Å². The Labute approximate surface area is 222 Å². The second-order valence-electron chi connectivity index (χ2n) is 9.73. The van der Waals surface area contributed by atoms with Crippen LogP contribution < -0.4 is 5.32 Å². The molecule has 2 aliphatic rings. The number of thiocarbonyl (C=S) groups is 1. The lowest BCUT2D eigenvalue weighted by Crippen LogP contribution is -2.44. The number of ether oxygens (including phenoxy) is 1. The SMILES string of the molecule is O=S(=O)(Cc1ccc(F)cc1)c1ncc(CN(C[C@H]2CCCO2)C(=S)NC2CC2)n1Cc1ccccc1. The average Bonchev–Trinajstić information content (AvgIpc) is 3.37. The van der Waals surface area contributed by atoms with Crippen molar-refractivity contribution in [3.05, 3.63) is 83.4 Å². The first-order valence-corrected chi connectivity index (χ1v) is 14.7. The molecule has 1 saturated carbocycles. The second kappa shape index (κ2) is 11.3. The summed E-state index contributed by atoms with van der Waals surface area (Å²) < 4.78 is 48.0. The van der Waals surface area contributed by atoms with Crippen molar-refractivity contribution in [2.24, 2.45) is 0 Å². The summed E-state index contributed by atoms with van der Waals surface area (Å²) in [4.78, 5) is 6.46. The summed E-state index contributed by atoms with van der Waals surface area (Å²) in [6, 6.07) is 15.6. The quantitative estimate of drug-likeness (QED) is 0.387. The van der Waals surface area contributed by atoms with Gasteiger partial charge in [0.25, 0.3) is 0 Å². The predicted octanol–water partition coefficient (Wildman–Crippen LogP) is 4.06. The summed E-state index contributed by atoms with van der Waals surface area (Å²) in [7, 11) is -3.81. The van der Waals surface area contributed by atoms with Gasteiger partial charge in [0.15, 0.2) is 5.11 Å². The molecule has 5 rings (SSSR count). The Morgan fingerprint density at radius 1 is 1.11 bits per heavy atom. The number of sulfone groups is 1. The number of rotatable bonds is 10. The van der Waals surface area contributed by atoms with E-state index in [1.807, 2.05) is 30.3 Å². The van der Waals surface area contributed by atoms with Gasteiger partial charge in [-0.15, -0.1) is 0 Å². The zero-order chi connectivity index (χ0) is 25.8. The van der Waals surface area contributed by atoms with Crippen molar-refractivity contribution in [3.8, 4) is 0 Å². The molecule has 196 valence electrons. The molecule has 1 saturated heterocycles. The van der Waals surface area contributed by atoms with Crippen LogP contribution in [0.25, 0.3) is 0 Å². The van der Waals surface area contributed by atoms with Gasteiger partial charge in [0.2, 0.25) is 15.0 Å². The molecule has 1 aliphatic carbocycles. The van der Waals surface area contributed by atoms with E-state index in [0.29, 0.717) is 36.4 Å². The van der Waals surface area contributed by atoms with Crippen LogP contribution in [-0.2, 0) is 33.4 Å². The van der Waals surface area contributed by atoms with Crippen LogP contribution in [0.1, 0.15) is 42.5 Å². The summed E-state index contributed by atoms with van der Waals surface area (Å²) in [6.07, 6.45) is 5.92. The molecule has 1 N–H and O–H groups in total. The zero-order valence-corrected chi connectivity index (χ0v) is 22.2. The van der Waals surface area contributed by atoms with Gasteiger partial charge in [-0.1, -0.05) is 42.5 Å². The van der Waals surface area contributed by atoms with E-state index in [1.165, 1.54) is 24.3 Å². The maximum absolute atomic E-state index is 13.5. The lowest BCUT2D eigenvalue weighted by Gasteiger charge is -2.28. The minimum Gasteiger partial charge on any atom is -0.376 e. The third kappa shape index (κ3) is 6.74. The number of imidazole rings is 1. The number of aromatic nitrogens is 2. The average molecular weight is 543 g/mol. The molecule has 0 spiro atoms. The Morgan fingerprint density at radius 2 is 1.86 bits per heavy atom. The van der Waals surface area contributed by atoms with Crippen molar-refractivity contribution in [2.75, 3.05) is 13.2 Å². The molecule has 0 bridgehead atoms. The van der Waals surface area contributed by atoms with E-state index in [2.05, 4.69) is 15.2 Å². The Hall–Kier alpha value is -2.82. The smallest absolute Gasteiger partial charge is 0.228 e. The molecule has 37 heavy (non-hydrogen) atoms. The summed E-state index contributed by atoms with van der Waals surface area (Å²) >= 11 is 5.76. The molecular weight excluding hydrogens is 511 g/mol. The Morgan fingerprint density at radius 3 is 2.54 bits per heavy atom. The van der Waals surface area contributed by atoms with Crippen LogP contribution >= 0.6 is 12.2 Å². The van der Waals surface area contributed by atoms with Gasteiger partial charge in [-0.3, -0.25) is 0 Å². The Balaban J connectivity index is 1.45. The number of hydrogen-bond acceptors (Lipinski definition) is 5. The topological polar surface area (TPSA) is 76.5 Å². The molecule has 3 aromatic rings. The third-order valence-electron chi connectivity index (χ3n) is 6.63. The molecule has 0 unspecified atom stereocenters. The fourth-order valence-electron chi connectivity index (χ4n) is 4.51. The maximum Gasteiger partial charge on any atom is 0.228 e. The monoisotopic (exact) mass is 542 g/mol. The highest BCUT2D eigenvalue weighted by atomic mass is 32.2. The van der Waals surface area contributed by atoms with Crippen molar-refractivity contribution in [1.29, 1.82) is 0 Å². The number of nitrogens with one attached hydrogen (secondary N) is 1. The molecule has 1 aromatic heterocycles. The van der Waals surface area contributed by atoms with Crippen LogP contribution in [0.2, 0.25) is 0 Å².